The monoisotopic (exact) mass is 409 g/mol. The van der Waals surface area contributed by atoms with Crippen molar-refractivity contribution in [3.63, 3.8) is 0 Å². The van der Waals surface area contributed by atoms with Gasteiger partial charge in [-0.05, 0) is 43.2 Å². The number of thiophene rings is 1. The van der Waals surface area contributed by atoms with Crippen LogP contribution in [0.2, 0.25) is 0 Å². The first-order valence-electron chi connectivity index (χ1n) is 10.3. The van der Waals surface area contributed by atoms with Gasteiger partial charge in [-0.1, -0.05) is 37.3 Å². The van der Waals surface area contributed by atoms with Gasteiger partial charge in [-0.2, -0.15) is 0 Å². The summed E-state index contributed by atoms with van der Waals surface area (Å²) in [6, 6.07) is 10.00. The first-order valence-corrected chi connectivity index (χ1v) is 11.1. The fraction of sp³-hybridized carbons (Fsp3) is 0.435. The van der Waals surface area contributed by atoms with Crippen LogP contribution >= 0.6 is 11.3 Å². The molecule has 0 fully saturated rings. The number of amides is 1. The van der Waals surface area contributed by atoms with E-state index in [1.807, 2.05) is 44.3 Å². The number of carbonyl (C=O) groups is 1. The van der Waals surface area contributed by atoms with Gasteiger partial charge in [0, 0.05) is 24.8 Å². The molecule has 0 unspecified atom stereocenters. The van der Waals surface area contributed by atoms with Crippen LogP contribution in [0.15, 0.2) is 35.1 Å². The molecule has 1 aliphatic rings. The number of aryl methyl sites for hydroxylation is 2. The number of hydrogen-bond donors (Lipinski definition) is 1. The van der Waals surface area contributed by atoms with E-state index in [1.54, 1.807) is 16.2 Å². The minimum atomic E-state index is -0.0597. The van der Waals surface area contributed by atoms with Gasteiger partial charge in [0.1, 0.15) is 10.7 Å². The summed E-state index contributed by atoms with van der Waals surface area (Å²) in [7, 11) is 1.83. The second kappa shape index (κ2) is 8.11. The van der Waals surface area contributed by atoms with Gasteiger partial charge >= 0.3 is 0 Å². The summed E-state index contributed by atoms with van der Waals surface area (Å²) in [6.45, 7) is 4.28. The molecule has 5 nitrogen and oxygen atoms in total. The lowest BCUT2D eigenvalue weighted by atomic mass is 9.89. The van der Waals surface area contributed by atoms with Gasteiger partial charge < -0.3 is 9.88 Å². The molecule has 1 aliphatic carbocycles. The van der Waals surface area contributed by atoms with Crippen LogP contribution in [0.25, 0.3) is 10.2 Å². The van der Waals surface area contributed by atoms with Crippen LogP contribution in [0.3, 0.4) is 0 Å². The highest BCUT2D eigenvalue weighted by atomic mass is 32.1. The number of fused-ring (bicyclic) bond motifs is 3. The number of carbonyl (C=O) groups excluding carboxylic acids is 1. The summed E-state index contributed by atoms with van der Waals surface area (Å²) in [5, 5.41) is 0.766. The number of aromatic amines is 1. The lowest BCUT2D eigenvalue weighted by Crippen LogP contribution is -2.30. The molecule has 3 aromatic rings. The molecule has 2 heterocycles. The van der Waals surface area contributed by atoms with E-state index in [2.05, 4.69) is 11.9 Å². The van der Waals surface area contributed by atoms with Gasteiger partial charge in [-0.3, -0.25) is 9.59 Å². The van der Waals surface area contributed by atoms with Crippen molar-refractivity contribution in [2.75, 3.05) is 7.05 Å². The van der Waals surface area contributed by atoms with Crippen molar-refractivity contribution in [1.82, 2.24) is 14.9 Å². The molecule has 4 rings (SSSR count). The maximum Gasteiger partial charge on any atom is 0.259 e. The third-order valence-corrected chi connectivity index (χ3v) is 7.19. The normalized spacial score (nSPS) is 17.1. The Morgan fingerprint density at radius 3 is 2.86 bits per heavy atom. The zero-order valence-electron chi connectivity index (χ0n) is 17.2. The van der Waals surface area contributed by atoms with Gasteiger partial charge in [0.25, 0.3) is 5.56 Å². The Kier molecular flexibility index (Phi) is 5.54. The molecule has 1 aromatic carbocycles. The number of hydrogen-bond acceptors (Lipinski definition) is 4. The Morgan fingerprint density at radius 1 is 1.34 bits per heavy atom. The molecule has 2 atom stereocenters. The molecule has 1 N–H and O–H groups in total. The van der Waals surface area contributed by atoms with Gasteiger partial charge in [0.05, 0.1) is 11.4 Å². The Bertz CT molecular complexity index is 1090. The van der Waals surface area contributed by atoms with Crippen molar-refractivity contribution in [1.29, 1.82) is 0 Å². The molecule has 6 heteroatoms. The zero-order chi connectivity index (χ0) is 20.5. The summed E-state index contributed by atoms with van der Waals surface area (Å²) in [4.78, 5) is 36.9. The first kappa shape index (κ1) is 19.8. The SMILES string of the molecule is C[C@H]1CCc2c(sc3nc(CCC(=O)N(C)[C@@H](C)c4ccccc4)[nH]c(=O)c23)C1. The Hall–Kier alpha value is -2.47. The van der Waals surface area contributed by atoms with Crippen LogP contribution in [-0.4, -0.2) is 27.8 Å². The highest BCUT2D eigenvalue weighted by molar-refractivity contribution is 7.18. The first-order chi connectivity index (χ1) is 13.9. The van der Waals surface area contributed by atoms with E-state index in [-0.39, 0.29) is 17.5 Å². The van der Waals surface area contributed by atoms with E-state index in [9.17, 15) is 9.59 Å². The predicted molar refractivity (Wildman–Crippen MR) is 117 cm³/mol. The van der Waals surface area contributed by atoms with Crippen molar-refractivity contribution < 1.29 is 4.79 Å². The molecule has 152 valence electrons. The largest absolute Gasteiger partial charge is 0.339 e. The van der Waals surface area contributed by atoms with Crippen LogP contribution in [0.1, 0.15) is 54.6 Å². The van der Waals surface area contributed by atoms with E-state index in [0.717, 1.165) is 35.0 Å². The molecule has 0 bridgehead atoms. The lowest BCUT2D eigenvalue weighted by Gasteiger charge is -2.25. The van der Waals surface area contributed by atoms with Crippen LogP contribution in [0, 0.1) is 5.92 Å². The van der Waals surface area contributed by atoms with E-state index in [1.165, 1.54) is 10.4 Å². The number of rotatable bonds is 5. The van der Waals surface area contributed by atoms with Crippen molar-refractivity contribution in [3.8, 4) is 0 Å². The molecule has 1 amide bonds. The summed E-state index contributed by atoms with van der Waals surface area (Å²) in [5.74, 6) is 1.31. The minimum absolute atomic E-state index is 0.00389. The van der Waals surface area contributed by atoms with Crippen LogP contribution in [0.5, 0.6) is 0 Å². The van der Waals surface area contributed by atoms with Gasteiger partial charge in [-0.25, -0.2) is 4.98 Å². The highest BCUT2D eigenvalue weighted by Crippen LogP contribution is 2.35. The highest BCUT2D eigenvalue weighted by Gasteiger charge is 2.23. The number of nitrogens with zero attached hydrogens (tertiary/aromatic N) is 2. The number of aromatic nitrogens is 2. The Morgan fingerprint density at radius 2 is 2.10 bits per heavy atom. The minimum Gasteiger partial charge on any atom is -0.339 e. The Labute approximate surface area is 174 Å². The molecule has 0 spiro atoms. The molecule has 29 heavy (non-hydrogen) atoms. The fourth-order valence-corrected chi connectivity index (χ4v) is 5.49. The third kappa shape index (κ3) is 3.99. The van der Waals surface area contributed by atoms with E-state index in [4.69, 9.17) is 4.98 Å². The Balaban J connectivity index is 1.48. The van der Waals surface area contributed by atoms with Gasteiger partial charge in [-0.15, -0.1) is 11.3 Å². The molecular formula is C23H27N3O2S. The third-order valence-electron chi connectivity index (χ3n) is 6.05. The summed E-state index contributed by atoms with van der Waals surface area (Å²) in [6.07, 6.45) is 3.88. The number of benzene rings is 1. The zero-order valence-corrected chi connectivity index (χ0v) is 18.0. The molecule has 0 aliphatic heterocycles. The lowest BCUT2D eigenvalue weighted by molar-refractivity contribution is -0.131. The van der Waals surface area contributed by atoms with E-state index >= 15 is 0 Å². The van der Waals surface area contributed by atoms with Crippen LogP contribution in [0.4, 0.5) is 0 Å². The van der Waals surface area contributed by atoms with Crippen LogP contribution < -0.4 is 5.56 Å². The maximum absolute atomic E-state index is 12.7. The second-order valence-corrected chi connectivity index (χ2v) is 9.22. The summed E-state index contributed by atoms with van der Waals surface area (Å²) >= 11 is 1.65. The fourth-order valence-electron chi connectivity index (χ4n) is 4.08. The average Bonchev–Trinajstić information content (AvgIpc) is 3.09. The maximum atomic E-state index is 12.7. The molecular weight excluding hydrogens is 382 g/mol. The quantitative estimate of drug-likeness (QED) is 0.685. The van der Waals surface area contributed by atoms with Gasteiger partial charge in [0.15, 0.2) is 0 Å². The van der Waals surface area contributed by atoms with Crippen molar-refractivity contribution >= 4 is 27.5 Å². The topological polar surface area (TPSA) is 66.1 Å². The summed E-state index contributed by atoms with van der Waals surface area (Å²) in [5.41, 5.74) is 2.24. The van der Waals surface area contributed by atoms with E-state index < -0.39 is 0 Å². The number of H-pyrrole nitrogens is 1. The van der Waals surface area contributed by atoms with E-state index in [0.29, 0.717) is 24.6 Å². The molecule has 0 saturated heterocycles. The van der Waals surface area contributed by atoms with Crippen molar-refractivity contribution in [2.24, 2.45) is 5.92 Å². The molecule has 2 aromatic heterocycles. The van der Waals surface area contributed by atoms with Gasteiger partial charge in [0.2, 0.25) is 5.91 Å². The standard InChI is InChI=1S/C23H27N3O2S/c1-14-9-10-17-18(13-14)29-23-21(17)22(28)24-19(25-23)11-12-20(27)26(3)15(2)16-7-5-4-6-8-16/h4-8,14-15H,9-13H2,1-3H3,(H,24,25,28)/t14-,15-/m0/s1. The predicted octanol–water partition coefficient (Wildman–Crippen LogP) is 4.26. The van der Waals surface area contributed by atoms with Crippen molar-refractivity contribution in [3.05, 3.63) is 62.5 Å². The second-order valence-electron chi connectivity index (χ2n) is 8.14. The average molecular weight is 410 g/mol. The molecule has 0 saturated carbocycles. The summed E-state index contributed by atoms with van der Waals surface area (Å²) < 4.78 is 0. The van der Waals surface area contributed by atoms with Crippen LogP contribution in [-0.2, 0) is 24.1 Å². The number of nitrogens with one attached hydrogen (secondary N) is 1. The molecule has 0 radical (unpaired) electrons. The van der Waals surface area contributed by atoms with Crippen molar-refractivity contribution in [2.45, 2.75) is 52.0 Å². The smallest absolute Gasteiger partial charge is 0.259 e.